The van der Waals surface area contributed by atoms with E-state index in [0.717, 1.165) is 146 Å². The van der Waals surface area contributed by atoms with E-state index in [1.807, 2.05) is 136 Å². The SMILES string of the molecule is CC(C)NC(=O)Nc1cc(-c2[nH]c3c(c2Nc2ccccc2)C(=O)CCC3)ccn1.CC(C)Nc1cnccc1-c1[nH]c2c(c1Nc1ccccc1)C(=O)CCC2.CCNC(=O)Nc1cc(-c2[nH]c3c(c2Nc2ccccc2)C(=O)CCC3)ccn1. The van der Waals surface area contributed by atoms with Gasteiger partial charge in [0.1, 0.15) is 11.6 Å². The van der Waals surface area contributed by atoms with Crippen LogP contribution in [0.15, 0.2) is 146 Å². The number of carbonyl (C=O) groups is 5. The number of anilines is 9. The summed E-state index contributed by atoms with van der Waals surface area (Å²) in [6.07, 6.45) is 13.7. The van der Waals surface area contributed by atoms with Gasteiger partial charge in [0.25, 0.3) is 0 Å². The van der Waals surface area contributed by atoms with Crippen molar-refractivity contribution in [2.75, 3.05) is 38.4 Å². The number of carbonyl (C=O) groups excluding carboxylic acids is 5. The summed E-state index contributed by atoms with van der Waals surface area (Å²) in [5.41, 5.74) is 16.6. The molecule has 12 rings (SSSR count). The molecule has 3 aromatic carbocycles. The van der Waals surface area contributed by atoms with Crippen molar-refractivity contribution in [2.45, 2.75) is 104 Å². The molecule has 9 aromatic rings. The van der Waals surface area contributed by atoms with Crippen molar-refractivity contribution >= 4 is 80.9 Å². The molecule has 6 aromatic heterocycles. The molecule has 0 fully saturated rings. The van der Waals surface area contributed by atoms with Gasteiger partial charge in [-0.05, 0) is 140 Å². The summed E-state index contributed by atoms with van der Waals surface area (Å²) in [7, 11) is 0. The third kappa shape index (κ3) is 14.2. The molecule has 0 aliphatic heterocycles. The number of nitrogens with zero attached hydrogens (tertiary/aromatic N) is 3. The van der Waals surface area contributed by atoms with Crippen molar-refractivity contribution in [3.8, 4) is 33.8 Å². The lowest BCUT2D eigenvalue weighted by molar-refractivity contribution is 0.0965. The fourth-order valence-electron chi connectivity index (χ4n) is 10.9. The van der Waals surface area contributed by atoms with Gasteiger partial charge < -0.3 is 46.9 Å². The highest BCUT2D eigenvalue weighted by Crippen LogP contribution is 2.43. The number of aryl methyl sites for hydroxylation is 3. The maximum Gasteiger partial charge on any atom is 0.320 e. The minimum atomic E-state index is -0.307. The molecular weight excluding hydrogens is 1080 g/mol. The molecule has 0 atom stereocenters. The summed E-state index contributed by atoms with van der Waals surface area (Å²) >= 11 is 0. The number of rotatable bonds is 15. The number of ketones is 3. The molecule has 86 heavy (non-hydrogen) atoms. The Balaban J connectivity index is 0.000000143. The van der Waals surface area contributed by atoms with Crippen LogP contribution in [0.1, 0.15) is 121 Å². The number of aromatic amines is 3. The van der Waals surface area contributed by atoms with Crippen molar-refractivity contribution in [3.05, 3.63) is 180 Å². The lowest BCUT2D eigenvalue weighted by atomic mass is 9.95. The average molecular weight is 1150 g/mol. The summed E-state index contributed by atoms with van der Waals surface area (Å²) in [5, 5.41) is 24.8. The minimum absolute atomic E-state index is 0.0241. The molecule has 0 saturated carbocycles. The Morgan fingerprint density at radius 3 is 1.34 bits per heavy atom. The summed E-state index contributed by atoms with van der Waals surface area (Å²) in [4.78, 5) is 85.2. The van der Waals surface area contributed by atoms with E-state index >= 15 is 0 Å². The fourth-order valence-corrected chi connectivity index (χ4v) is 10.9. The molecule has 0 unspecified atom stereocenters. The maximum atomic E-state index is 12.7. The Morgan fingerprint density at radius 2 is 0.919 bits per heavy atom. The first-order valence-corrected chi connectivity index (χ1v) is 29.4. The molecule has 19 heteroatoms. The molecule has 11 N–H and O–H groups in total. The number of nitrogens with one attached hydrogen (secondary N) is 11. The number of Topliss-reactive ketones (excluding diaryl/α,β-unsaturated/α-hetero) is 3. The van der Waals surface area contributed by atoms with E-state index in [-0.39, 0.29) is 41.5 Å². The first-order chi connectivity index (χ1) is 41.8. The number of aromatic nitrogens is 6. The number of benzene rings is 3. The van der Waals surface area contributed by atoms with Crippen LogP contribution in [0, 0.1) is 0 Å². The number of hydrogen-bond acceptors (Lipinski definition) is 12. The predicted molar refractivity (Wildman–Crippen MR) is 342 cm³/mol. The maximum absolute atomic E-state index is 12.7. The van der Waals surface area contributed by atoms with E-state index in [1.165, 1.54) is 0 Å². The van der Waals surface area contributed by atoms with Crippen LogP contribution in [0.2, 0.25) is 0 Å². The van der Waals surface area contributed by atoms with Gasteiger partial charge >= 0.3 is 12.1 Å². The number of fused-ring (bicyclic) bond motifs is 3. The second kappa shape index (κ2) is 27.4. The molecule has 0 radical (unpaired) electrons. The molecule has 3 aliphatic rings. The van der Waals surface area contributed by atoms with Gasteiger partial charge in [-0.1, -0.05) is 54.6 Å². The van der Waals surface area contributed by atoms with E-state index in [4.69, 9.17) is 0 Å². The van der Waals surface area contributed by atoms with Crippen LogP contribution in [0.4, 0.5) is 61.0 Å². The van der Waals surface area contributed by atoms with Crippen LogP contribution < -0.4 is 42.5 Å². The largest absolute Gasteiger partial charge is 0.381 e. The third-order valence-electron chi connectivity index (χ3n) is 14.6. The molecule has 3 aliphatic carbocycles. The third-order valence-corrected chi connectivity index (χ3v) is 14.6. The summed E-state index contributed by atoms with van der Waals surface area (Å²) in [5.74, 6) is 1.36. The standard InChI is InChI=1S/C23H25N5O2.C22H23N5O2.C22H24N4O/c1-14(2)25-23(30)28-19-13-15(11-12-24-19)21-22(26-16-7-4-3-5-8-16)20-17(27-21)9-6-10-18(20)29;1-2-23-22(29)27-18-13-14(11-12-24-18)20-21(25-15-7-4-3-5-8-15)19-16(26-20)9-6-10-17(19)28;1-14(2)24-18-13-23-12-11-16(18)21-22(25-15-7-4-3-5-8-15)20-17(26-21)9-6-10-19(20)27/h3-5,7-8,11-14,26-27H,6,9-10H2,1-2H3,(H2,24,25,28,30);3-5,7-8,11-13,25-26H,2,6,9-10H2,1H3,(H2,23,24,27,29);3-5,7-8,11-14,24-26H,6,9-10H2,1-2H3. The fraction of sp³-hybridized carbons (Fsp3) is 0.254. The Morgan fingerprint density at radius 1 is 0.500 bits per heavy atom. The van der Waals surface area contributed by atoms with Crippen LogP contribution in [0.25, 0.3) is 33.8 Å². The smallest absolute Gasteiger partial charge is 0.320 e. The van der Waals surface area contributed by atoms with Gasteiger partial charge in [-0.25, -0.2) is 19.6 Å². The molecule has 0 saturated heterocycles. The number of H-pyrrole nitrogens is 3. The van der Waals surface area contributed by atoms with Crippen molar-refractivity contribution in [2.24, 2.45) is 0 Å². The molecule has 4 amide bonds. The number of amides is 4. The normalized spacial score (nSPS) is 13.2. The van der Waals surface area contributed by atoms with Gasteiger partial charge in [-0.3, -0.25) is 30.0 Å². The number of hydrogen-bond donors (Lipinski definition) is 11. The Kier molecular flexibility index (Phi) is 18.8. The highest BCUT2D eigenvalue weighted by molar-refractivity contribution is 6.10. The minimum Gasteiger partial charge on any atom is -0.381 e. The zero-order chi connectivity index (χ0) is 60.1. The van der Waals surface area contributed by atoms with E-state index in [1.54, 1.807) is 30.7 Å². The summed E-state index contributed by atoms with van der Waals surface area (Å²) in [6, 6.07) is 38.5. The second-order valence-corrected chi connectivity index (χ2v) is 21.8. The van der Waals surface area contributed by atoms with Gasteiger partial charge in [-0.15, -0.1) is 0 Å². The van der Waals surface area contributed by atoms with Gasteiger partial charge in [0, 0.05) is 107 Å². The monoisotopic (exact) mass is 1150 g/mol. The number of pyridine rings is 3. The highest BCUT2D eigenvalue weighted by Gasteiger charge is 2.30. The van der Waals surface area contributed by atoms with Crippen LogP contribution in [-0.2, 0) is 19.3 Å². The Labute approximate surface area is 499 Å². The van der Waals surface area contributed by atoms with Crippen LogP contribution in [0.3, 0.4) is 0 Å². The second-order valence-electron chi connectivity index (χ2n) is 21.8. The van der Waals surface area contributed by atoms with E-state index < -0.39 is 0 Å². The molecule has 0 spiro atoms. The highest BCUT2D eigenvalue weighted by atomic mass is 16.2. The Bertz CT molecular complexity index is 3870. The van der Waals surface area contributed by atoms with Crippen LogP contribution in [0.5, 0.6) is 0 Å². The van der Waals surface area contributed by atoms with Gasteiger partial charge in [0.05, 0.1) is 62.7 Å². The van der Waals surface area contributed by atoms with Crippen molar-refractivity contribution in [1.29, 1.82) is 0 Å². The van der Waals surface area contributed by atoms with Crippen molar-refractivity contribution in [3.63, 3.8) is 0 Å². The van der Waals surface area contributed by atoms with Crippen molar-refractivity contribution < 1.29 is 24.0 Å². The molecule has 6 heterocycles. The predicted octanol–water partition coefficient (Wildman–Crippen LogP) is 14.5. The van der Waals surface area contributed by atoms with E-state index in [0.29, 0.717) is 37.4 Å². The van der Waals surface area contributed by atoms with Gasteiger partial charge in [0.2, 0.25) is 0 Å². The lowest BCUT2D eigenvalue weighted by Gasteiger charge is -2.16. The molecule has 0 bridgehead atoms. The molecule has 19 nitrogen and oxygen atoms in total. The van der Waals surface area contributed by atoms with Crippen LogP contribution >= 0.6 is 0 Å². The first-order valence-electron chi connectivity index (χ1n) is 29.4. The topological polar surface area (TPSA) is 268 Å². The zero-order valence-electron chi connectivity index (χ0n) is 49.0. The van der Waals surface area contributed by atoms with Crippen molar-refractivity contribution in [1.82, 2.24) is 40.5 Å². The Hall–Kier alpha value is -10.3. The number of urea groups is 2. The molecular formula is C67H72N14O5. The first kappa shape index (κ1) is 58.9. The number of para-hydroxylation sites is 3. The quantitative estimate of drug-likeness (QED) is 0.0458. The van der Waals surface area contributed by atoms with Crippen LogP contribution in [-0.4, -0.2) is 77.9 Å². The van der Waals surface area contributed by atoms with Gasteiger partial charge in [0.15, 0.2) is 17.3 Å². The zero-order valence-corrected chi connectivity index (χ0v) is 49.0. The van der Waals surface area contributed by atoms with Gasteiger partial charge in [-0.2, -0.15) is 0 Å². The average Bonchev–Trinajstić information content (AvgIpc) is 2.02. The van der Waals surface area contributed by atoms with E-state index in [2.05, 4.69) is 86.3 Å². The molecule has 440 valence electrons. The van der Waals surface area contributed by atoms with E-state index in [9.17, 15) is 24.0 Å². The summed E-state index contributed by atoms with van der Waals surface area (Å²) in [6.45, 7) is 10.4. The summed E-state index contributed by atoms with van der Waals surface area (Å²) < 4.78 is 0. The lowest BCUT2D eigenvalue weighted by Crippen LogP contribution is -2.34.